The zero-order valence-electron chi connectivity index (χ0n) is 10.2. The van der Waals surface area contributed by atoms with Gasteiger partial charge in [-0.05, 0) is 31.1 Å². The maximum Gasteiger partial charge on any atom is 0.224 e. The van der Waals surface area contributed by atoms with E-state index in [9.17, 15) is 9.59 Å². The van der Waals surface area contributed by atoms with E-state index < -0.39 is 0 Å². The second-order valence-corrected chi connectivity index (χ2v) is 5.15. The molecule has 0 spiro atoms. The third-order valence-corrected chi connectivity index (χ3v) is 4.21. The van der Waals surface area contributed by atoms with Crippen molar-refractivity contribution in [2.45, 2.75) is 31.7 Å². The Morgan fingerprint density at radius 1 is 1.29 bits per heavy atom. The molecule has 0 aromatic carbocycles. The fourth-order valence-electron chi connectivity index (χ4n) is 3.27. The molecule has 2 aliphatic carbocycles. The Hall–Kier alpha value is -1.10. The van der Waals surface area contributed by atoms with Crippen molar-refractivity contribution in [3.63, 3.8) is 0 Å². The van der Waals surface area contributed by atoms with Crippen LogP contribution in [-0.2, 0) is 9.59 Å². The lowest BCUT2D eigenvalue weighted by Gasteiger charge is -2.26. The summed E-state index contributed by atoms with van der Waals surface area (Å²) in [5.41, 5.74) is 6.08. The van der Waals surface area contributed by atoms with Crippen molar-refractivity contribution in [1.82, 2.24) is 10.6 Å². The molecule has 2 bridgehead atoms. The van der Waals surface area contributed by atoms with Crippen molar-refractivity contribution in [1.29, 1.82) is 0 Å². The topological polar surface area (TPSA) is 84.2 Å². The Labute approximate surface area is 102 Å². The second-order valence-electron chi connectivity index (χ2n) is 5.15. The van der Waals surface area contributed by atoms with Gasteiger partial charge in [0, 0.05) is 26.1 Å². The number of nitrogens with two attached hydrogens (primary N) is 1. The molecule has 2 rings (SSSR count). The average molecular weight is 239 g/mol. The highest BCUT2D eigenvalue weighted by Gasteiger charge is 2.48. The molecule has 2 aliphatic rings. The highest BCUT2D eigenvalue weighted by Crippen LogP contribution is 2.47. The summed E-state index contributed by atoms with van der Waals surface area (Å²) in [4.78, 5) is 23.0. The van der Waals surface area contributed by atoms with E-state index in [1.54, 1.807) is 7.05 Å². The molecule has 17 heavy (non-hydrogen) atoms. The van der Waals surface area contributed by atoms with Crippen LogP contribution < -0.4 is 16.4 Å². The zero-order valence-corrected chi connectivity index (χ0v) is 10.2. The van der Waals surface area contributed by atoms with Gasteiger partial charge in [-0.1, -0.05) is 0 Å². The first kappa shape index (κ1) is 12.4. The summed E-state index contributed by atoms with van der Waals surface area (Å²) >= 11 is 0. The van der Waals surface area contributed by atoms with Gasteiger partial charge in [-0.2, -0.15) is 0 Å². The first-order chi connectivity index (χ1) is 8.13. The van der Waals surface area contributed by atoms with Gasteiger partial charge in [0.15, 0.2) is 0 Å². The standard InChI is InChI=1S/C12H21N3O2/c1-14-9(16)4-5-15-12(17)10-7-2-3-8(6-7)11(10)13/h7-8,10-11H,2-6,13H2,1H3,(H,14,16)(H,15,17). The minimum Gasteiger partial charge on any atom is -0.359 e. The van der Waals surface area contributed by atoms with Crippen LogP contribution in [0.3, 0.4) is 0 Å². The largest absolute Gasteiger partial charge is 0.359 e. The molecule has 0 radical (unpaired) electrons. The summed E-state index contributed by atoms with van der Waals surface area (Å²) in [5.74, 6) is 0.958. The van der Waals surface area contributed by atoms with E-state index in [2.05, 4.69) is 10.6 Å². The van der Waals surface area contributed by atoms with Crippen LogP contribution in [0, 0.1) is 17.8 Å². The highest BCUT2D eigenvalue weighted by molar-refractivity contribution is 5.81. The molecule has 5 heteroatoms. The van der Waals surface area contributed by atoms with Crippen LogP contribution in [0.2, 0.25) is 0 Å². The molecular weight excluding hydrogens is 218 g/mol. The number of nitrogens with one attached hydrogen (secondary N) is 2. The number of amides is 2. The Morgan fingerprint density at radius 2 is 2.00 bits per heavy atom. The Balaban J connectivity index is 1.78. The summed E-state index contributed by atoms with van der Waals surface area (Å²) in [6.45, 7) is 0.402. The summed E-state index contributed by atoms with van der Waals surface area (Å²) in [7, 11) is 1.59. The number of hydrogen-bond acceptors (Lipinski definition) is 3. The zero-order chi connectivity index (χ0) is 12.4. The molecular formula is C12H21N3O2. The Bertz CT molecular complexity index is 317. The van der Waals surface area contributed by atoms with E-state index in [0.717, 1.165) is 12.8 Å². The monoisotopic (exact) mass is 239 g/mol. The Kier molecular flexibility index (Phi) is 3.66. The quantitative estimate of drug-likeness (QED) is 0.625. The number of hydrogen-bond donors (Lipinski definition) is 3. The maximum atomic E-state index is 12.0. The van der Waals surface area contributed by atoms with Crippen molar-refractivity contribution in [2.75, 3.05) is 13.6 Å². The van der Waals surface area contributed by atoms with Crippen molar-refractivity contribution in [3.05, 3.63) is 0 Å². The highest BCUT2D eigenvalue weighted by atomic mass is 16.2. The van der Waals surface area contributed by atoms with Gasteiger partial charge in [-0.15, -0.1) is 0 Å². The SMILES string of the molecule is CNC(=O)CCNC(=O)C1C2CCC(C2)C1N. The lowest BCUT2D eigenvalue weighted by molar-refractivity contribution is -0.127. The van der Waals surface area contributed by atoms with E-state index in [1.807, 2.05) is 0 Å². The van der Waals surface area contributed by atoms with E-state index in [1.165, 1.54) is 6.42 Å². The molecule has 4 atom stereocenters. The molecule has 4 unspecified atom stereocenters. The molecule has 0 aliphatic heterocycles. The molecule has 0 heterocycles. The van der Waals surface area contributed by atoms with Crippen molar-refractivity contribution in [3.8, 4) is 0 Å². The van der Waals surface area contributed by atoms with Gasteiger partial charge >= 0.3 is 0 Å². The molecule has 4 N–H and O–H groups in total. The molecule has 5 nitrogen and oxygen atoms in total. The van der Waals surface area contributed by atoms with Crippen LogP contribution in [-0.4, -0.2) is 31.4 Å². The van der Waals surface area contributed by atoms with Crippen LogP contribution in [0.15, 0.2) is 0 Å². The van der Waals surface area contributed by atoms with Crippen LogP contribution in [0.5, 0.6) is 0 Å². The molecule has 96 valence electrons. The number of carbonyl (C=O) groups excluding carboxylic acids is 2. The van der Waals surface area contributed by atoms with Gasteiger partial charge in [0.1, 0.15) is 0 Å². The van der Waals surface area contributed by atoms with Gasteiger partial charge in [0.25, 0.3) is 0 Å². The van der Waals surface area contributed by atoms with E-state index in [0.29, 0.717) is 24.8 Å². The lowest BCUT2D eigenvalue weighted by Crippen LogP contribution is -2.45. The smallest absolute Gasteiger partial charge is 0.224 e. The normalized spacial score (nSPS) is 34.7. The molecule has 0 aromatic rings. The first-order valence-electron chi connectivity index (χ1n) is 6.37. The van der Waals surface area contributed by atoms with Crippen molar-refractivity contribution in [2.24, 2.45) is 23.5 Å². The molecule has 2 fully saturated rings. The number of carbonyl (C=O) groups is 2. The molecule has 0 aromatic heterocycles. The predicted octanol–water partition coefficient (Wildman–Crippen LogP) is -0.388. The van der Waals surface area contributed by atoms with Crippen LogP contribution in [0.4, 0.5) is 0 Å². The lowest BCUT2D eigenvalue weighted by atomic mass is 9.84. The number of rotatable bonds is 4. The van der Waals surface area contributed by atoms with Gasteiger partial charge in [-0.25, -0.2) is 0 Å². The van der Waals surface area contributed by atoms with E-state index in [4.69, 9.17) is 5.73 Å². The fraction of sp³-hybridized carbons (Fsp3) is 0.833. The predicted molar refractivity (Wildman–Crippen MR) is 64.0 cm³/mol. The Morgan fingerprint density at radius 3 is 2.59 bits per heavy atom. The van der Waals surface area contributed by atoms with Crippen LogP contribution in [0.25, 0.3) is 0 Å². The molecule has 0 saturated heterocycles. The van der Waals surface area contributed by atoms with Crippen molar-refractivity contribution < 1.29 is 9.59 Å². The summed E-state index contributed by atoms with van der Waals surface area (Å²) in [6.07, 6.45) is 3.74. The fourth-order valence-corrected chi connectivity index (χ4v) is 3.27. The summed E-state index contributed by atoms with van der Waals surface area (Å²) < 4.78 is 0. The minimum atomic E-state index is -0.0532. The minimum absolute atomic E-state index is 0.0220. The van der Waals surface area contributed by atoms with Crippen LogP contribution >= 0.6 is 0 Å². The third kappa shape index (κ3) is 2.44. The van der Waals surface area contributed by atoms with E-state index in [-0.39, 0.29) is 23.8 Å². The first-order valence-corrected chi connectivity index (χ1v) is 6.37. The van der Waals surface area contributed by atoms with Gasteiger partial charge in [0.05, 0.1) is 5.92 Å². The maximum absolute atomic E-state index is 12.0. The summed E-state index contributed by atoms with van der Waals surface area (Å²) in [6, 6.07) is 0.0220. The van der Waals surface area contributed by atoms with Gasteiger partial charge in [-0.3, -0.25) is 9.59 Å². The van der Waals surface area contributed by atoms with Crippen LogP contribution in [0.1, 0.15) is 25.7 Å². The molecule has 2 saturated carbocycles. The number of fused-ring (bicyclic) bond motifs is 2. The van der Waals surface area contributed by atoms with E-state index >= 15 is 0 Å². The second kappa shape index (κ2) is 5.04. The average Bonchev–Trinajstić information content (AvgIpc) is 2.88. The third-order valence-electron chi connectivity index (χ3n) is 4.21. The van der Waals surface area contributed by atoms with Crippen molar-refractivity contribution >= 4 is 11.8 Å². The van der Waals surface area contributed by atoms with Gasteiger partial charge in [0.2, 0.25) is 11.8 Å². The van der Waals surface area contributed by atoms with Gasteiger partial charge < -0.3 is 16.4 Å². The summed E-state index contributed by atoms with van der Waals surface area (Å²) in [5, 5.41) is 5.35. The molecule has 2 amide bonds.